The molecule has 0 aromatic carbocycles. The van der Waals surface area contributed by atoms with Gasteiger partial charge in [0.1, 0.15) is 0 Å². The molecule has 0 aliphatic carbocycles. The van der Waals surface area contributed by atoms with E-state index in [0.29, 0.717) is 0 Å². The molecule has 11 heavy (non-hydrogen) atoms. The quantitative estimate of drug-likeness (QED) is 0.512. The lowest BCUT2D eigenvalue weighted by Gasteiger charge is -2.28. The Kier molecular flexibility index (Phi) is 2.59. The summed E-state index contributed by atoms with van der Waals surface area (Å²) in [7, 11) is 2.97. The van der Waals surface area contributed by atoms with Crippen LogP contribution in [0.3, 0.4) is 0 Å². The lowest BCUT2D eigenvalue weighted by molar-refractivity contribution is -0.154. The molecule has 5 heteroatoms. The third-order valence-corrected chi connectivity index (χ3v) is 1.79. The van der Waals surface area contributed by atoms with Gasteiger partial charge in [0.15, 0.2) is 5.54 Å². The van der Waals surface area contributed by atoms with Gasteiger partial charge in [0.2, 0.25) is 5.91 Å². The normalized spacial score (nSPS) is 16.0. The molecule has 5 nitrogen and oxygen atoms in total. The maximum atomic E-state index is 10.7. The van der Waals surface area contributed by atoms with E-state index in [2.05, 4.69) is 0 Å². The third kappa shape index (κ3) is 1.48. The van der Waals surface area contributed by atoms with Crippen LogP contribution in [0.4, 0.5) is 0 Å². The number of carbonyl (C=O) groups excluding carboxylic acids is 1. The van der Waals surface area contributed by atoms with Crippen LogP contribution in [0.1, 0.15) is 6.92 Å². The van der Waals surface area contributed by atoms with Crippen molar-refractivity contribution in [2.75, 3.05) is 14.1 Å². The number of amides is 1. The second kappa shape index (κ2) is 2.87. The van der Waals surface area contributed by atoms with Crippen LogP contribution in [-0.2, 0) is 9.59 Å². The molecule has 0 aliphatic heterocycles. The van der Waals surface area contributed by atoms with E-state index in [1.807, 2.05) is 0 Å². The minimum Gasteiger partial charge on any atom is -0.479 e. The monoisotopic (exact) mass is 160 g/mol. The molecule has 0 aromatic rings. The first-order chi connectivity index (χ1) is 4.83. The number of nitrogens with two attached hydrogens (primary N) is 1. The molecule has 0 saturated carbocycles. The minimum atomic E-state index is -1.61. The molecule has 0 rings (SSSR count). The zero-order valence-corrected chi connectivity index (χ0v) is 6.79. The van der Waals surface area contributed by atoms with E-state index in [0.717, 1.165) is 0 Å². The molecule has 0 fully saturated rings. The van der Waals surface area contributed by atoms with Crippen LogP contribution in [0.25, 0.3) is 0 Å². The molecule has 0 bridgehead atoms. The summed E-state index contributed by atoms with van der Waals surface area (Å²) < 4.78 is 0. The van der Waals surface area contributed by atoms with E-state index in [4.69, 9.17) is 10.8 Å². The highest BCUT2D eigenvalue weighted by Gasteiger charge is 2.41. The first-order valence-corrected chi connectivity index (χ1v) is 3.04. The van der Waals surface area contributed by atoms with E-state index in [1.165, 1.54) is 25.9 Å². The Morgan fingerprint density at radius 2 is 1.82 bits per heavy atom. The van der Waals surface area contributed by atoms with Crippen molar-refractivity contribution in [2.24, 2.45) is 5.73 Å². The van der Waals surface area contributed by atoms with Gasteiger partial charge in [-0.25, -0.2) is 4.79 Å². The third-order valence-electron chi connectivity index (χ3n) is 1.79. The molecule has 64 valence electrons. The Bertz CT molecular complexity index is 174. The summed E-state index contributed by atoms with van der Waals surface area (Å²) >= 11 is 0. The highest BCUT2D eigenvalue weighted by Crippen LogP contribution is 2.09. The van der Waals surface area contributed by atoms with Gasteiger partial charge >= 0.3 is 5.97 Å². The smallest absolute Gasteiger partial charge is 0.333 e. The molecular formula is C6H12N2O3. The topological polar surface area (TPSA) is 83.6 Å². The van der Waals surface area contributed by atoms with Crippen molar-refractivity contribution in [2.45, 2.75) is 12.5 Å². The van der Waals surface area contributed by atoms with Crippen molar-refractivity contribution in [1.29, 1.82) is 0 Å². The Labute approximate surface area is 64.8 Å². The molecule has 0 aromatic heterocycles. The van der Waals surface area contributed by atoms with Crippen molar-refractivity contribution in [3.63, 3.8) is 0 Å². The molecular weight excluding hydrogens is 148 g/mol. The maximum absolute atomic E-state index is 10.7. The number of hydrogen-bond acceptors (Lipinski definition) is 3. The van der Waals surface area contributed by atoms with Gasteiger partial charge < -0.3 is 10.8 Å². The average molecular weight is 160 g/mol. The number of carbonyl (C=O) groups is 2. The Balaban J connectivity index is 4.82. The van der Waals surface area contributed by atoms with Crippen LogP contribution in [0.15, 0.2) is 0 Å². The summed E-state index contributed by atoms with van der Waals surface area (Å²) in [6.07, 6.45) is 0. The minimum absolute atomic E-state index is 0.866. The summed E-state index contributed by atoms with van der Waals surface area (Å²) in [5.74, 6) is -2.11. The number of carboxylic acid groups (broad SMARTS) is 1. The van der Waals surface area contributed by atoms with Gasteiger partial charge in [-0.1, -0.05) is 0 Å². The van der Waals surface area contributed by atoms with Gasteiger partial charge in [0.25, 0.3) is 0 Å². The largest absolute Gasteiger partial charge is 0.479 e. The van der Waals surface area contributed by atoms with Gasteiger partial charge in [-0.3, -0.25) is 9.69 Å². The summed E-state index contributed by atoms with van der Waals surface area (Å²) in [4.78, 5) is 22.5. The first-order valence-electron chi connectivity index (χ1n) is 3.04. The van der Waals surface area contributed by atoms with E-state index < -0.39 is 17.4 Å². The van der Waals surface area contributed by atoms with Gasteiger partial charge in [0.05, 0.1) is 0 Å². The van der Waals surface area contributed by atoms with Gasteiger partial charge in [-0.2, -0.15) is 0 Å². The average Bonchev–Trinajstić information content (AvgIpc) is 1.84. The Morgan fingerprint density at radius 3 is 1.82 bits per heavy atom. The lowest BCUT2D eigenvalue weighted by Crippen LogP contribution is -2.57. The van der Waals surface area contributed by atoms with Crippen LogP contribution in [0.5, 0.6) is 0 Å². The number of carboxylic acids is 1. The fraction of sp³-hybridized carbons (Fsp3) is 0.667. The van der Waals surface area contributed by atoms with Crippen molar-refractivity contribution in [3.8, 4) is 0 Å². The molecule has 0 heterocycles. The molecule has 0 aliphatic rings. The number of likely N-dealkylation sites (N-methyl/N-ethyl adjacent to an activating group) is 1. The van der Waals surface area contributed by atoms with E-state index in [-0.39, 0.29) is 0 Å². The zero-order valence-electron chi connectivity index (χ0n) is 6.79. The summed E-state index contributed by atoms with van der Waals surface area (Å²) in [6.45, 7) is 1.26. The Hall–Kier alpha value is -1.10. The van der Waals surface area contributed by atoms with E-state index in [9.17, 15) is 9.59 Å². The maximum Gasteiger partial charge on any atom is 0.333 e. The molecule has 1 amide bonds. The molecule has 0 unspecified atom stereocenters. The van der Waals surface area contributed by atoms with Crippen LogP contribution >= 0.6 is 0 Å². The molecule has 0 radical (unpaired) electrons. The predicted octanol–water partition coefficient (Wildman–Crippen LogP) is -1.12. The first kappa shape index (κ1) is 9.90. The fourth-order valence-electron chi connectivity index (χ4n) is 0.517. The van der Waals surface area contributed by atoms with Crippen molar-refractivity contribution in [3.05, 3.63) is 0 Å². The number of nitrogens with zero attached hydrogens (tertiary/aromatic N) is 1. The standard InChI is InChI=1S/C6H12N2O3/c1-6(4(7)9,5(10)11)8(2)3/h1-3H3,(H2,7,9)(H,10,11)/t6-/m1/s1. The van der Waals surface area contributed by atoms with Crippen LogP contribution in [0, 0.1) is 0 Å². The van der Waals surface area contributed by atoms with Crippen LogP contribution in [0.2, 0.25) is 0 Å². The number of primary amides is 1. The van der Waals surface area contributed by atoms with Gasteiger partial charge in [-0.15, -0.1) is 0 Å². The number of hydrogen-bond donors (Lipinski definition) is 2. The highest BCUT2D eigenvalue weighted by molar-refractivity contribution is 6.05. The Morgan fingerprint density at radius 1 is 1.45 bits per heavy atom. The zero-order chi connectivity index (χ0) is 9.23. The molecule has 1 atom stereocenters. The summed E-state index contributed by atoms with van der Waals surface area (Å²) in [6, 6.07) is 0. The van der Waals surface area contributed by atoms with E-state index in [1.54, 1.807) is 0 Å². The van der Waals surface area contributed by atoms with Crippen molar-refractivity contribution >= 4 is 11.9 Å². The SMILES string of the molecule is CN(C)[C@](C)(C(N)=O)C(=O)O. The van der Waals surface area contributed by atoms with E-state index >= 15 is 0 Å². The van der Waals surface area contributed by atoms with Gasteiger partial charge in [0, 0.05) is 0 Å². The highest BCUT2D eigenvalue weighted by atomic mass is 16.4. The predicted molar refractivity (Wildman–Crippen MR) is 38.9 cm³/mol. The van der Waals surface area contributed by atoms with Crippen molar-refractivity contribution < 1.29 is 14.7 Å². The fourth-order valence-corrected chi connectivity index (χ4v) is 0.517. The van der Waals surface area contributed by atoms with Crippen LogP contribution < -0.4 is 5.73 Å². The summed E-state index contributed by atoms with van der Waals surface area (Å²) in [5, 5.41) is 8.63. The molecule has 0 spiro atoms. The lowest BCUT2D eigenvalue weighted by atomic mass is 10.0. The number of aliphatic carboxylic acids is 1. The molecule has 0 saturated heterocycles. The van der Waals surface area contributed by atoms with Crippen molar-refractivity contribution in [1.82, 2.24) is 4.90 Å². The second-order valence-corrected chi connectivity index (χ2v) is 2.64. The summed E-state index contributed by atoms with van der Waals surface area (Å²) in [5.41, 5.74) is 3.30. The number of rotatable bonds is 3. The second-order valence-electron chi connectivity index (χ2n) is 2.64. The molecule has 3 N–H and O–H groups in total. The van der Waals surface area contributed by atoms with Gasteiger partial charge in [-0.05, 0) is 21.0 Å². The van der Waals surface area contributed by atoms with Crippen LogP contribution in [-0.4, -0.2) is 41.5 Å².